The molecule has 0 aromatic heterocycles. The van der Waals surface area contributed by atoms with Crippen LogP contribution in [0.5, 0.6) is 0 Å². The van der Waals surface area contributed by atoms with E-state index in [1.807, 2.05) is 0 Å². The number of aliphatic hydroxyl groups is 1. The highest BCUT2D eigenvalue weighted by Gasteiger charge is 2.37. The molecule has 3 amide bonds. The molecule has 0 rings (SSSR count). The molecule has 0 bridgehead atoms. The summed E-state index contributed by atoms with van der Waals surface area (Å²) in [6.45, 7) is 11.7. The quantitative estimate of drug-likeness (QED) is 0.0866. The fraction of sp³-hybridized carbons (Fsp3) is 0.773. The van der Waals surface area contributed by atoms with Gasteiger partial charge in [0.25, 0.3) is 0 Å². The minimum absolute atomic E-state index is 0.0658. The minimum atomic E-state index is -1.40. The first kappa shape index (κ1) is 32.1. The Balaban J connectivity index is 5.69. The second-order valence-corrected chi connectivity index (χ2v) is 10.8. The van der Waals surface area contributed by atoms with Crippen LogP contribution in [0.25, 0.3) is 0 Å². The van der Waals surface area contributed by atoms with Crippen molar-refractivity contribution in [2.45, 2.75) is 91.6 Å². The Morgan fingerprint density at radius 1 is 0.914 bits per heavy atom. The Hall–Kier alpha value is -2.93. The number of hydrogen-bond acceptors (Lipinski definition) is 7. The summed E-state index contributed by atoms with van der Waals surface area (Å²) in [5, 5.41) is 36.8. The third kappa shape index (κ3) is 11.4. The number of nitrogens with one attached hydrogen (secondary N) is 5. The van der Waals surface area contributed by atoms with Gasteiger partial charge in [0.2, 0.25) is 17.7 Å². The van der Waals surface area contributed by atoms with Crippen LogP contribution in [0.1, 0.15) is 61.3 Å². The highest BCUT2D eigenvalue weighted by Crippen LogP contribution is 2.20. The number of rotatable bonds is 12. The van der Waals surface area contributed by atoms with Crippen molar-refractivity contribution in [1.29, 1.82) is 5.41 Å². The van der Waals surface area contributed by atoms with Crippen LogP contribution in [0.3, 0.4) is 0 Å². The molecule has 0 radical (unpaired) electrons. The van der Waals surface area contributed by atoms with Gasteiger partial charge < -0.3 is 42.9 Å². The number of carbonyl (C=O) groups excluding carboxylic acids is 3. The average molecular weight is 502 g/mol. The number of nitrogens with two attached hydrogens (primary N) is 2. The van der Waals surface area contributed by atoms with Gasteiger partial charge in [-0.2, -0.15) is 0 Å². The van der Waals surface area contributed by atoms with Crippen LogP contribution in [-0.4, -0.2) is 76.7 Å². The molecule has 0 aliphatic carbocycles. The van der Waals surface area contributed by atoms with Crippen molar-refractivity contribution in [3.63, 3.8) is 0 Å². The third-order valence-corrected chi connectivity index (χ3v) is 5.30. The van der Waals surface area contributed by atoms with E-state index in [0.29, 0.717) is 6.42 Å². The summed E-state index contributed by atoms with van der Waals surface area (Å²) in [6, 6.07) is -4.78. The van der Waals surface area contributed by atoms with Crippen LogP contribution in [-0.2, 0) is 19.2 Å². The van der Waals surface area contributed by atoms with Crippen molar-refractivity contribution in [2.75, 3.05) is 6.54 Å². The minimum Gasteiger partial charge on any atom is -0.480 e. The Kier molecular flexibility index (Phi) is 12.1. The predicted octanol–water partition coefficient (Wildman–Crippen LogP) is -1.41. The number of amides is 3. The van der Waals surface area contributed by atoms with Gasteiger partial charge in [-0.3, -0.25) is 19.8 Å². The van der Waals surface area contributed by atoms with E-state index in [1.165, 1.54) is 6.92 Å². The van der Waals surface area contributed by atoms with Gasteiger partial charge in [0.1, 0.15) is 18.1 Å². The average Bonchev–Trinajstić information content (AvgIpc) is 2.68. The molecule has 0 spiro atoms. The monoisotopic (exact) mass is 501 g/mol. The number of aliphatic carboxylic acids is 1. The summed E-state index contributed by atoms with van der Waals surface area (Å²) >= 11 is 0. The molecule has 35 heavy (non-hydrogen) atoms. The van der Waals surface area contributed by atoms with Gasteiger partial charge in [-0.25, -0.2) is 4.79 Å². The summed E-state index contributed by atoms with van der Waals surface area (Å²) in [5.74, 6) is -3.73. The van der Waals surface area contributed by atoms with Crippen LogP contribution in [0.15, 0.2) is 0 Å². The highest BCUT2D eigenvalue weighted by atomic mass is 16.4. The van der Waals surface area contributed by atoms with Gasteiger partial charge in [-0.15, -0.1) is 0 Å². The van der Waals surface area contributed by atoms with Crippen molar-refractivity contribution in [1.82, 2.24) is 21.3 Å². The molecule has 0 saturated heterocycles. The van der Waals surface area contributed by atoms with Crippen molar-refractivity contribution in [3.05, 3.63) is 0 Å². The number of guanidine groups is 1. The molecule has 0 aromatic rings. The Morgan fingerprint density at radius 2 is 1.46 bits per heavy atom. The third-order valence-electron chi connectivity index (χ3n) is 5.30. The van der Waals surface area contributed by atoms with E-state index < -0.39 is 64.8 Å². The number of aliphatic hydroxyl groups excluding tert-OH is 1. The van der Waals surface area contributed by atoms with Crippen molar-refractivity contribution in [3.8, 4) is 0 Å². The van der Waals surface area contributed by atoms with E-state index in [9.17, 15) is 29.4 Å². The van der Waals surface area contributed by atoms with Crippen molar-refractivity contribution < 1.29 is 29.4 Å². The molecular weight excluding hydrogens is 458 g/mol. The zero-order valence-corrected chi connectivity index (χ0v) is 21.7. The molecule has 0 fully saturated rings. The number of carbonyl (C=O) groups is 4. The maximum absolute atomic E-state index is 13.0. The van der Waals surface area contributed by atoms with Crippen LogP contribution in [0.2, 0.25) is 0 Å². The Bertz CT molecular complexity index is 773. The van der Waals surface area contributed by atoms with Gasteiger partial charge in [-0.1, -0.05) is 41.5 Å². The lowest BCUT2D eigenvalue weighted by Crippen LogP contribution is -2.61. The summed E-state index contributed by atoms with van der Waals surface area (Å²) in [6.07, 6.45) is -0.946. The molecule has 0 aliphatic heterocycles. The van der Waals surface area contributed by atoms with E-state index in [1.54, 1.807) is 41.5 Å². The predicted molar refractivity (Wildman–Crippen MR) is 131 cm³/mol. The maximum Gasteiger partial charge on any atom is 0.326 e. The lowest BCUT2D eigenvalue weighted by atomic mass is 9.86. The smallest absolute Gasteiger partial charge is 0.326 e. The molecule has 0 saturated carbocycles. The molecule has 0 heterocycles. The van der Waals surface area contributed by atoms with Crippen LogP contribution < -0.4 is 32.7 Å². The first-order valence-corrected chi connectivity index (χ1v) is 11.4. The summed E-state index contributed by atoms with van der Waals surface area (Å²) < 4.78 is 0. The van der Waals surface area contributed by atoms with E-state index >= 15 is 0 Å². The topological polar surface area (TPSA) is 233 Å². The molecule has 202 valence electrons. The lowest BCUT2D eigenvalue weighted by Gasteiger charge is -2.31. The summed E-state index contributed by atoms with van der Waals surface area (Å²) in [7, 11) is 0. The molecule has 0 aromatic carbocycles. The summed E-state index contributed by atoms with van der Waals surface area (Å²) in [5.41, 5.74) is 9.78. The van der Waals surface area contributed by atoms with Gasteiger partial charge >= 0.3 is 5.97 Å². The van der Waals surface area contributed by atoms with Gasteiger partial charge in [0, 0.05) is 6.54 Å². The SMILES string of the molecule is C[C@@H](O)[C@H](NC(=O)[C@@H](N)C(C)(C)C)C(=O)N[C@@H](CCCNC(=N)N)C(=O)N[C@H](C(=O)O)C(C)(C)C. The van der Waals surface area contributed by atoms with Gasteiger partial charge in [-0.05, 0) is 30.6 Å². The van der Waals surface area contributed by atoms with E-state index in [0.717, 1.165) is 0 Å². The van der Waals surface area contributed by atoms with E-state index in [2.05, 4.69) is 21.3 Å². The molecule has 5 atom stereocenters. The molecule has 11 N–H and O–H groups in total. The van der Waals surface area contributed by atoms with E-state index in [4.69, 9.17) is 16.9 Å². The zero-order valence-electron chi connectivity index (χ0n) is 21.7. The second kappa shape index (κ2) is 13.2. The fourth-order valence-corrected chi connectivity index (χ4v) is 2.99. The molecule has 13 heteroatoms. The van der Waals surface area contributed by atoms with Crippen LogP contribution >= 0.6 is 0 Å². The molecule has 13 nitrogen and oxygen atoms in total. The number of carboxylic acid groups (broad SMARTS) is 1. The molecule has 0 unspecified atom stereocenters. The molecular formula is C22H43N7O6. The van der Waals surface area contributed by atoms with Crippen molar-refractivity contribution in [2.24, 2.45) is 22.3 Å². The largest absolute Gasteiger partial charge is 0.480 e. The van der Waals surface area contributed by atoms with Gasteiger partial charge in [0.15, 0.2) is 5.96 Å². The first-order valence-electron chi connectivity index (χ1n) is 11.4. The van der Waals surface area contributed by atoms with Gasteiger partial charge in [0.05, 0.1) is 12.1 Å². The maximum atomic E-state index is 13.0. The molecule has 0 aliphatic rings. The standard InChI is InChI=1S/C22H43N7O6/c1-11(30)13(28-18(33)14(23)21(2,3)4)17(32)27-12(9-8-10-26-20(24)25)16(31)29-15(19(34)35)22(5,6)7/h11-15,30H,8-10,23H2,1-7H3,(H,27,32)(H,28,33)(H,29,31)(H,34,35)(H4,24,25,26)/t11-,12+,13+,14-,15-/m1/s1. The first-order chi connectivity index (χ1) is 15.8. The number of carboxylic acids is 1. The van der Waals surface area contributed by atoms with Crippen LogP contribution in [0, 0.1) is 16.2 Å². The second-order valence-electron chi connectivity index (χ2n) is 10.8. The fourth-order valence-electron chi connectivity index (χ4n) is 2.99. The van der Waals surface area contributed by atoms with Crippen molar-refractivity contribution >= 4 is 29.7 Å². The van der Waals surface area contributed by atoms with Crippen LogP contribution in [0.4, 0.5) is 0 Å². The lowest BCUT2D eigenvalue weighted by molar-refractivity contribution is -0.145. The highest BCUT2D eigenvalue weighted by molar-refractivity contribution is 5.94. The zero-order chi connectivity index (χ0) is 27.7. The normalized spacial score (nSPS) is 16.1. The van der Waals surface area contributed by atoms with E-state index in [-0.39, 0.29) is 18.9 Å². The Morgan fingerprint density at radius 3 is 1.86 bits per heavy atom. The number of hydrogen-bond donors (Lipinski definition) is 9. The Labute approximate surface area is 206 Å². The summed E-state index contributed by atoms with van der Waals surface area (Å²) in [4.78, 5) is 50.2.